The highest BCUT2D eigenvalue weighted by Crippen LogP contribution is 2.31. The van der Waals surface area contributed by atoms with Crippen LogP contribution in [0.2, 0.25) is 0 Å². The van der Waals surface area contributed by atoms with Gasteiger partial charge >= 0.3 is 0 Å². The highest BCUT2D eigenvalue weighted by molar-refractivity contribution is 4.85. The van der Waals surface area contributed by atoms with Gasteiger partial charge in [0.1, 0.15) is 0 Å². The SMILES string of the molecule is CC(C)CC1CN(CCC2CCCC(C)C2)C(C)CN1. The van der Waals surface area contributed by atoms with Crippen LogP contribution in [0, 0.1) is 17.8 Å². The first-order chi connectivity index (χ1) is 9.54. The molecule has 1 heterocycles. The van der Waals surface area contributed by atoms with Gasteiger partial charge in [-0.2, -0.15) is 0 Å². The van der Waals surface area contributed by atoms with Crippen molar-refractivity contribution in [2.24, 2.45) is 17.8 Å². The number of piperazine rings is 1. The zero-order valence-corrected chi connectivity index (χ0v) is 14.2. The summed E-state index contributed by atoms with van der Waals surface area (Å²) in [5.41, 5.74) is 0. The lowest BCUT2D eigenvalue weighted by atomic mass is 9.80. The van der Waals surface area contributed by atoms with Crippen LogP contribution in [0.5, 0.6) is 0 Å². The molecule has 0 aromatic carbocycles. The average Bonchev–Trinajstić information content (AvgIpc) is 2.39. The average molecular weight is 280 g/mol. The molecule has 1 aliphatic heterocycles. The molecule has 4 atom stereocenters. The fraction of sp³-hybridized carbons (Fsp3) is 1.00. The lowest BCUT2D eigenvalue weighted by Gasteiger charge is -2.40. The molecule has 0 aromatic rings. The van der Waals surface area contributed by atoms with E-state index in [1.807, 2.05) is 0 Å². The summed E-state index contributed by atoms with van der Waals surface area (Å²) < 4.78 is 0. The van der Waals surface area contributed by atoms with E-state index in [4.69, 9.17) is 0 Å². The second kappa shape index (κ2) is 7.79. The van der Waals surface area contributed by atoms with Crippen molar-refractivity contribution in [3.05, 3.63) is 0 Å². The van der Waals surface area contributed by atoms with Crippen molar-refractivity contribution >= 4 is 0 Å². The summed E-state index contributed by atoms with van der Waals surface area (Å²) >= 11 is 0. The fourth-order valence-electron chi connectivity index (χ4n) is 4.20. The lowest BCUT2D eigenvalue weighted by Crippen LogP contribution is -2.56. The molecule has 1 aliphatic carbocycles. The van der Waals surface area contributed by atoms with Crippen LogP contribution in [0.4, 0.5) is 0 Å². The molecule has 2 heteroatoms. The van der Waals surface area contributed by atoms with Gasteiger partial charge < -0.3 is 5.32 Å². The number of rotatable bonds is 5. The Labute approximate surface area is 126 Å². The molecule has 2 fully saturated rings. The van der Waals surface area contributed by atoms with Crippen LogP contribution in [0.3, 0.4) is 0 Å². The van der Waals surface area contributed by atoms with Crippen LogP contribution >= 0.6 is 0 Å². The van der Waals surface area contributed by atoms with Crippen LogP contribution < -0.4 is 5.32 Å². The van der Waals surface area contributed by atoms with Crippen LogP contribution in [0.15, 0.2) is 0 Å². The van der Waals surface area contributed by atoms with Gasteiger partial charge in [0.05, 0.1) is 0 Å². The molecule has 0 radical (unpaired) electrons. The quantitative estimate of drug-likeness (QED) is 0.821. The van der Waals surface area contributed by atoms with Gasteiger partial charge in [0.15, 0.2) is 0 Å². The molecule has 20 heavy (non-hydrogen) atoms. The summed E-state index contributed by atoms with van der Waals surface area (Å²) in [5, 5.41) is 3.73. The summed E-state index contributed by atoms with van der Waals surface area (Å²) in [6.07, 6.45) is 8.67. The Morgan fingerprint density at radius 1 is 1.20 bits per heavy atom. The van der Waals surface area contributed by atoms with Crippen molar-refractivity contribution in [3.8, 4) is 0 Å². The molecule has 0 spiro atoms. The third-order valence-electron chi connectivity index (χ3n) is 5.41. The molecular formula is C18H36N2. The molecule has 118 valence electrons. The van der Waals surface area contributed by atoms with Crippen molar-refractivity contribution < 1.29 is 0 Å². The van der Waals surface area contributed by atoms with E-state index in [0.29, 0.717) is 0 Å². The summed E-state index contributed by atoms with van der Waals surface area (Å²) in [4.78, 5) is 2.75. The molecule has 2 nitrogen and oxygen atoms in total. The third kappa shape index (κ3) is 5.04. The normalized spacial score (nSPS) is 36.5. The fourth-order valence-corrected chi connectivity index (χ4v) is 4.20. The highest BCUT2D eigenvalue weighted by atomic mass is 15.2. The maximum Gasteiger partial charge on any atom is 0.0198 e. The standard InChI is InChI=1S/C18H36N2/c1-14(2)10-18-13-20(16(4)12-19-18)9-8-17-7-5-6-15(3)11-17/h14-19H,5-13H2,1-4H3. The first-order valence-electron chi connectivity index (χ1n) is 9.02. The second-order valence-electron chi connectivity index (χ2n) is 8.01. The van der Waals surface area contributed by atoms with Crippen LogP contribution in [0.25, 0.3) is 0 Å². The van der Waals surface area contributed by atoms with E-state index < -0.39 is 0 Å². The zero-order chi connectivity index (χ0) is 14.5. The molecule has 1 saturated carbocycles. The van der Waals surface area contributed by atoms with Crippen molar-refractivity contribution in [1.29, 1.82) is 0 Å². The van der Waals surface area contributed by atoms with Gasteiger partial charge in [-0.25, -0.2) is 0 Å². The molecule has 0 amide bonds. The third-order valence-corrected chi connectivity index (χ3v) is 5.41. The number of nitrogens with one attached hydrogen (secondary N) is 1. The van der Waals surface area contributed by atoms with Gasteiger partial charge in [-0.3, -0.25) is 4.90 Å². The van der Waals surface area contributed by atoms with Crippen LogP contribution in [-0.2, 0) is 0 Å². The monoisotopic (exact) mass is 280 g/mol. The Morgan fingerprint density at radius 3 is 2.70 bits per heavy atom. The molecule has 2 aliphatic rings. The Kier molecular flexibility index (Phi) is 6.35. The summed E-state index contributed by atoms with van der Waals surface area (Å²) in [6, 6.07) is 1.44. The molecule has 0 bridgehead atoms. The number of hydrogen-bond donors (Lipinski definition) is 1. The topological polar surface area (TPSA) is 15.3 Å². The maximum absolute atomic E-state index is 3.73. The number of hydrogen-bond acceptors (Lipinski definition) is 2. The minimum Gasteiger partial charge on any atom is -0.311 e. The maximum atomic E-state index is 3.73. The predicted octanol–water partition coefficient (Wildman–Crippen LogP) is 3.91. The van der Waals surface area contributed by atoms with E-state index in [0.717, 1.165) is 29.8 Å². The summed E-state index contributed by atoms with van der Waals surface area (Å²) in [7, 11) is 0. The van der Waals surface area contributed by atoms with Gasteiger partial charge in [0.25, 0.3) is 0 Å². The minimum absolute atomic E-state index is 0.719. The van der Waals surface area contributed by atoms with Crippen molar-refractivity contribution in [2.75, 3.05) is 19.6 Å². The predicted molar refractivity (Wildman–Crippen MR) is 88.0 cm³/mol. The Morgan fingerprint density at radius 2 is 2.00 bits per heavy atom. The van der Waals surface area contributed by atoms with Crippen molar-refractivity contribution in [2.45, 2.75) is 78.3 Å². The second-order valence-corrected chi connectivity index (χ2v) is 8.01. The van der Waals surface area contributed by atoms with Gasteiger partial charge in [0, 0.05) is 25.2 Å². The number of nitrogens with zero attached hydrogens (tertiary/aromatic N) is 1. The molecule has 1 N–H and O–H groups in total. The molecule has 4 unspecified atom stereocenters. The highest BCUT2D eigenvalue weighted by Gasteiger charge is 2.26. The van der Waals surface area contributed by atoms with Gasteiger partial charge in [-0.1, -0.05) is 40.0 Å². The molecule has 2 rings (SSSR count). The van der Waals surface area contributed by atoms with Crippen LogP contribution in [0.1, 0.15) is 66.2 Å². The lowest BCUT2D eigenvalue weighted by molar-refractivity contribution is 0.117. The zero-order valence-electron chi connectivity index (χ0n) is 14.2. The Balaban J connectivity index is 1.75. The summed E-state index contributed by atoms with van der Waals surface area (Å²) in [6.45, 7) is 13.3. The van der Waals surface area contributed by atoms with E-state index in [1.54, 1.807) is 0 Å². The van der Waals surface area contributed by atoms with E-state index >= 15 is 0 Å². The van der Waals surface area contributed by atoms with E-state index in [1.165, 1.54) is 58.2 Å². The smallest absolute Gasteiger partial charge is 0.0198 e. The Bertz CT molecular complexity index is 277. The largest absolute Gasteiger partial charge is 0.311 e. The molecule has 1 saturated heterocycles. The van der Waals surface area contributed by atoms with Gasteiger partial charge in [-0.05, 0) is 50.5 Å². The van der Waals surface area contributed by atoms with E-state index in [2.05, 4.69) is 37.9 Å². The first kappa shape index (κ1) is 16.3. The molecular weight excluding hydrogens is 244 g/mol. The van der Waals surface area contributed by atoms with Crippen molar-refractivity contribution in [1.82, 2.24) is 10.2 Å². The summed E-state index contributed by atoms with van der Waals surface area (Å²) in [5.74, 6) is 2.79. The minimum atomic E-state index is 0.719. The van der Waals surface area contributed by atoms with E-state index in [-0.39, 0.29) is 0 Å². The van der Waals surface area contributed by atoms with Gasteiger partial charge in [-0.15, -0.1) is 0 Å². The first-order valence-corrected chi connectivity index (χ1v) is 9.02. The van der Waals surface area contributed by atoms with Gasteiger partial charge in [0.2, 0.25) is 0 Å². The van der Waals surface area contributed by atoms with Crippen molar-refractivity contribution in [3.63, 3.8) is 0 Å². The Hall–Kier alpha value is -0.0800. The van der Waals surface area contributed by atoms with Crippen LogP contribution in [-0.4, -0.2) is 36.6 Å². The molecule has 0 aromatic heterocycles. The van der Waals surface area contributed by atoms with E-state index in [9.17, 15) is 0 Å².